The number of rotatable bonds is 7. The molecule has 3 aromatic rings. The number of nitrogens with two attached hydrogens (primary N) is 1. The Morgan fingerprint density at radius 3 is 2.60 bits per heavy atom. The zero-order valence-corrected chi connectivity index (χ0v) is 17.9. The molecule has 2 aromatic carbocycles. The van der Waals surface area contributed by atoms with E-state index in [9.17, 15) is 4.79 Å². The normalized spacial score (nSPS) is 17.1. The van der Waals surface area contributed by atoms with E-state index < -0.39 is 0 Å². The summed E-state index contributed by atoms with van der Waals surface area (Å²) in [5.74, 6) is -0.149. The fraction of sp³-hybridized carbons (Fsp3) is 0.333. The largest absolute Gasteiger partial charge is 0.397 e. The van der Waals surface area contributed by atoms with Gasteiger partial charge in [0.15, 0.2) is 0 Å². The Morgan fingerprint density at radius 1 is 1.20 bits per heavy atom. The smallest absolute Gasteiger partial charge is 0.255 e. The van der Waals surface area contributed by atoms with Gasteiger partial charge < -0.3 is 11.1 Å². The summed E-state index contributed by atoms with van der Waals surface area (Å²) in [6.07, 6.45) is 4.86. The molecule has 0 aliphatic heterocycles. The molecule has 0 radical (unpaired) electrons. The van der Waals surface area contributed by atoms with Crippen LogP contribution in [-0.2, 0) is 12.0 Å². The molecule has 30 heavy (non-hydrogen) atoms. The molecule has 1 amide bonds. The molecule has 1 aromatic heterocycles. The molecule has 0 unspecified atom stereocenters. The van der Waals surface area contributed by atoms with Crippen molar-refractivity contribution in [1.29, 1.82) is 0 Å². The summed E-state index contributed by atoms with van der Waals surface area (Å²) in [5, 5.41) is 6.30. The first-order valence-corrected chi connectivity index (χ1v) is 11.3. The lowest BCUT2D eigenvalue weighted by molar-refractivity contribution is 0.102. The van der Waals surface area contributed by atoms with E-state index in [-0.39, 0.29) is 11.3 Å². The molecular formula is C24H26N4OS. The number of carbonyl (C=O) groups excluding carboxylic acids is 1. The van der Waals surface area contributed by atoms with Crippen LogP contribution < -0.4 is 11.1 Å². The van der Waals surface area contributed by atoms with Crippen molar-refractivity contribution >= 4 is 28.6 Å². The highest BCUT2D eigenvalue weighted by atomic mass is 32.1. The fourth-order valence-electron chi connectivity index (χ4n) is 4.00. The molecule has 0 bridgehead atoms. The summed E-state index contributed by atoms with van der Waals surface area (Å²) in [4.78, 5) is 20.0. The Morgan fingerprint density at radius 2 is 1.93 bits per heavy atom. The summed E-state index contributed by atoms with van der Waals surface area (Å²) in [6.45, 7) is 0.930. The number of carbonyl (C=O) groups is 1. The van der Waals surface area contributed by atoms with E-state index in [4.69, 9.17) is 10.7 Å². The van der Waals surface area contributed by atoms with Crippen molar-refractivity contribution in [3.05, 3.63) is 75.7 Å². The first-order valence-electron chi connectivity index (χ1n) is 10.5. The van der Waals surface area contributed by atoms with Crippen LogP contribution in [0, 0.1) is 0 Å². The van der Waals surface area contributed by atoms with Gasteiger partial charge in [-0.1, -0.05) is 24.3 Å². The highest BCUT2D eigenvalue weighted by molar-refractivity contribution is 7.09. The monoisotopic (exact) mass is 418 g/mol. The van der Waals surface area contributed by atoms with Crippen molar-refractivity contribution in [3.63, 3.8) is 0 Å². The third kappa shape index (κ3) is 3.73. The molecule has 0 atom stereocenters. The third-order valence-electron chi connectivity index (χ3n) is 6.20. The van der Waals surface area contributed by atoms with Crippen LogP contribution in [0.3, 0.4) is 0 Å². The van der Waals surface area contributed by atoms with Gasteiger partial charge >= 0.3 is 0 Å². The number of benzene rings is 2. The second-order valence-corrected chi connectivity index (χ2v) is 9.35. The van der Waals surface area contributed by atoms with Gasteiger partial charge in [0.05, 0.1) is 17.1 Å². The minimum Gasteiger partial charge on any atom is -0.397 e. The molecule has 5 nitrogen and oxygen atoms in total. The molecule has 2 saturated carbocycles. The molecule has 1 heterocycles. The van der Waals surface area contributed by atoms with E-state index in [2.05, 4.69) is 34.8 Å². The van der Waals surface area contributed by atoms with Crippen LogP contribution in [0.2, 0.25) is 0 Å². The minimum atomic E-state index is -0.149. The number of aromatic nitrogens is 1. The average Bonchev–Trinajstić information content (AvgIpc) is 3.68. The number of nitrogens with zero attached hydrogens (tertiary/aromatic N) is 2. The first kappa shape index (κ1) is 19.3. The van der Waals surface area contributed by atoms with Crippen molar-refractivity contribution in [3.8, 4) is 0 Å². The quantitative estimate of drug-likeness (QED) is 0.548. The van der Waals surface area contributed by atoms with E-state index in [1.54, 1.807) is 17.4 Å². The Labute approximate surface area is 180 Å². The van der Waals surface area contributed by atoms with Crippen molar-refractivity contribution in [2.45, 2.75) is 43.7 Å². The summed E-state index contributed by atoms with van der Waals surface area (Å²) in [7, 11) is 2.19. The zero-order valence-electron chi connectivity index (χ0n) is 17.1. The van der Waals surface area contributed by atoms with E-state index in [0.29, 0.717) is 16.9 Å². The van der Waals surface area contributed by atoms with Crippen LogP contribution in [0.15, 0.2) is 53.9 Å². The van der Waals surface area contributed by atoms with Gasteiger partial charge in [0.1, 0.15) is 5.01 Å². The molecule has 154 valence electrons. The van der Waals surface area contributed by atoms with Crippen LogP contribution in [0.1, 0.15) is 52.3 Å². The fourth-order valence-corrected chi connectivity index (χ4v) is 5.09. The number of amides is 1. The molecular weight excluding hydrogens is 392 g/mol. The Hall–Kier alpha value is -2.70. The van der Waals surface area contributed by atoms with Crippen LogP contribution in [0.5, 0.6) is 0 Å². The summed E-state index contributed by atoms with van der Waals surface area (Å²) in [5.41, 5.74) is 10.2. The number of para-hydroxylation sites is 2. The second-order valence-electron chi connectivity index (χ2n) is 8.49. The van der Waals surface area contributed by atoms with Crippen molar-refractivity contribution in [1.82, 2.24) is 9.88 Å². The summed E-state index contributed by atoms with van der Waals surface area (Å²) >= 11 is 1.77. The van der Waals surface area contributed by atoms with Gasteiger partial charge in [-0.25, -0.2) is 4.98 Å². The lowest BCUT2D eigenvalue weighted by Crippen LogP contribution is -2.20. The van der Waals surface area contributed by atoms with Gasteiger partial charge in [-0.2, -0.15) is 0 Å². The molecule has 3 N–H and O–H groups in total. The lowest BCUT2D eigenvalue weighted by Gasteiger charge is -2.15. The van der Waals surface area contributed by atoms with Crippen LogP contribution >= 0.6 is 11.3 Å². The van der Waals surface area contributed by atoms with E-state index in [1.807, 2.05) is 30.3 Å². The lowest BCUT2D eigenvalue weighted by atomic mass is 9.95. The summed E-state index contributed by atoms with van der Waals surface area (Å²) in [6, 6.07) is 16.0. The van der Waals surface area contributed by atoms with E-state index >= 15 is 0 Å². The van der Waals surface area contributed by atoms with E-state index in [1.165, 1.54) is 29.1 Å². The zero-order chi connectivity index (χ0) is 20.7. The van der Waals surface area contributed by atoms with Gasteiger partial charge in [-0.05, 0) is 62.6 Å². The predicted octanol–water partition coefficient (Wildman–Crippen LogP) is 4.65. The molecule has 0 saturated heterocycles. The Kier molecular flexibility index (Phi) is 4.83. The number of thiazole rings is 1. The molecule has 5 rings (SSSR count). The maximum Gasteiger partial charge on any atom is 0.255 e. The molecule has 2 aliphatic rings. The van der Waals surface area contributed by atoms with Gasteiger partial charge in [0.25, 0.3) is 5.91 Å². The highest BCUT2D eigenvalue weighted by Crippen LogP contribution is 2.54. The SMILES string of the molecule is CN(Cc1csc(C2(c3ccc(C(=O)Nc4ccccc4N)cc3)CC2)n1)C1CC1. The molecule has 2 aliphatic carbocycles. The van der Waals surface area contributed by atoms with Gasteiger partial charge in [-0.15, -0.1) is 11.3 Å². The molecule has 6 heteroatoms. The number of hydrogen-bond donors (Lipinski definition) is 2. The molecule has 0 spiro atoms. The van der Waals surface area contributed by atoms with E-state index in [0.717, 1.165) is 25.4 Å². The Bertz CT molecular complexity index is 1070. The third-order valence-corrected chi connectivity index (χ3v) is 7.30. The number of nitrogens with one attached hydrogen (secondary N) is 1. The maximum atomic E-state index is 12.6. The van der Waals surface area contributed by atoms with Gasteiger partial charge in [0, 0.05) is 28.9 Å². The van der Waals surface area contributed by atoms with Crippen LogP contribution in [0.4, 0.5) is 11.4 Å². The number of anilines is 2. The molecule has 2 fully saturated rings. The van der Waals surface area contributed by atoms with Gasteiger partial charge in [0.2, 0.25) is 0 Å². The highest BCUT2D eigenvalue weighted by Gasteiger charge is 2.48. The Balaban J connectivity index is 1.30. The number of hydrogen-bond acceptors (Lipinski definition) is 5. The first-order chi connectivity index (χ1) is 14.5. The maximum absolute atomic E-state index is 12.6. The van der Waals surface area contributed by atoms with Gasteiger partial charge in [-0.3, -0.25) is 9.69 Å². The van der Waals surface area contributed by atoms with Crippen molar-refractivity contribution < 1.29 is 4.79 Å². The summed E-state index contributed by atoms with van der Waals surface area (Å²) < 4.78 is 0. The minimum absolute atomic E-state index is 0.0277. The second kappa shape index (κ2) is 7.52. The predicted molar refractivity (Wildman–Crippen MR) is 122 cm³/mol. The van der Waals surface area contributed by atoms with Crippen molar-refractivity contribution in [2.75, 3.05) is 18.1 Å². The average molecular weight is 419 g/mol. The van der Waals surface area contributed by atoms with Crippen LogP contribution in [-0.4, -0.2) is 28.9 Å². The standard InChI is InChI=1S/C24H26N4OS/c1-28(19-10-11-19)14-18-15-30-23(26-18)24(12-13-24)17-8-6-16(7-9-17)22(29)27-21-5-3-2-4-20(21)25/h2-9,15,19H,10-14,25H2,1H3,(H,27,29). The topological polar surface area (TPSA) is 71.2 Å². The van der Waals surface area contributed by atoms with Crippen molar-refractivity contribution in [2.24, 2.45) is 0 Å². The van der Waals surface area contributed by atoms with Crippen LogP contribution in [0.25, 0.3) is 0 Å². The number of nitrogen functional groups attached to an aromatic ring is 1.